The van der Waals surface area contributed by atoms with Gasteiger partial charge in [-0.15, -0.1) is 0 Å². The van der Waals surface area contributed by atoms with E-state index in [4.69, 9.17) is 11.6 Å². The molecule has 0 aliphatic carbocycles. The largest absolute Gasteiger partial charge is 0.254 e. The maximum Gasteiger partial charge on any atom is 0.254 e. The van der Waals surface area contributed by atoms with E-state index in [-0.39, 0.29) is 0 Å². The Kier molecular flexibility index (Phi) is 2.85. The van der Waals surface area contributed by atoms with Crippen LogP contribution in [0.1, 0.15) is 5.56 Å². The molecule has 3 aromatic rings. The minimum atomic E-state index is 0.411. The fraction of sp³-hybridized carbons (Fsp3) is 0.100. The minimum absolute atomic E-state index is 0.411. The number of halogens is 1. The van der Waals surface area contributed by atoms with Crippen LogP contribution < -0.4 is 0 Å². The predicted octanol–water partition coefficient (Wildman–Crippen LogP) is 2.03. The molecule has 0 spiro atoms. The van der Waals surface area contributed by atoms with Gasteiger partial charge in [-0.25, -0.2) is 9.97 Å². The number of hydrogen-bond donors (Lipinski definition) is 0. The average molecular weight is 279 g/mol. The van der Waals surface area contributed by atoms with Crippen LogP contribution in [0.25, 0.3) is 5.78 Å². The van der Waals surface area contributed by atoms with Crippen molar-refractivity contribution in [3.05, 3.63) is 35.5 Å². The standard InChI is InChI=1S/C10H7ClN6S/c1-6-7(11)16-9-14-5-15-17(9)8(6)18-10-12-3-2-4-13-10/h2-5H,1H3. The van der Waals surface area contributed by atoms with E-state index >= 15 is 0 Å². The van der Waals surface area contributed by atoms with Gasteiger partial charge in [-0.3, -0.25) is 0 Å². The van der Waals surface area contributed by atoms with Gasteiger partial charge in [0, 0.05) is 18.0 Å². The first kappa shape index (κ1) is 11.4. The SMILES string of the molecule is Cc1c(Cl)nc2ncnn2c1Sc1ncccn1. The first-order chi connectivity index (χ1) is 8.75. The molecule has 0 radical (unpaired) electrons. The van der Waals surface area contributed by atoms with Gasteiger partial charge in [0.2, 0.25) is 0 Å². The molecule has 0 fully saturated rings. The van der Waals surface area contributed by atoms with Crippen molar-refractivity contribution in [2.24, 2.45) is 0 Å². The molecular weight excluding hydrogens is 272 g/mol. The summed E-state index contributed by atoms with van der Waals surface area (Å²) in [5, 5.41) is 5.97. The summed E-state index contributed by atoms with van der Waals surface area (Å²) >= 11 is 7.45. The van der Waals surface area contributed by atoms with E-state index in [2.05, 4.69) is 25.0 Å². The van der Waals surface area contributed by atoms with Gasteiger partial charge in [-0.1, -0.05) is 11.6 Å². The molecule has 0 aromatic carbocycles. The van der Waals surface area contributed by atoms with Crippen molar-refractivity contribution < 1.29 is 0 Å². The molecule has 6 nitrogen and oxygen atoms in total. The highest BCUT2D eigenvalue weighted by atomic mass is 35.5. The monoisotopic (exact) mass is 278 g/mol. The van der Waals surface area contributed by atoms with Crippen LogP contribution in [0.15, 0.2) is 35.0 Å². The summed E-state index contributed by atoms with van der Waals surface area (Å²) in [5.41, 5.74) is 0.826. The van der Waals surface area contributed by atoms with Gasteiger partial charge in [-0.05, 0) is 24.8 Å². The van der Waals surface area contributed by atoms with Crippen molar-refractivity contribution >= 4 is 29.1 Å². The number of aromatic nitrogens is 6. The van der Waals surface area contributed by atoms with Crippen LogP contribution in [0.3, 0.4) is 0 Å². The van der Waals surface area contributed by atoms with E-state index in [0.29, 0.717) is 16.1 Å². The van der Waals surface area contributed by atoms with Crippen LogP contribution in [0.5, 0.6) is 0 Å². The normalized spacial score (nSPS) is 11.0. The summed E-state index contributed by atoms with van der Waals surface area (Å²) in [6.45, 7) is 1.88. The topological polar surface area (TPSA) is 68.9 Å². The van der Waals surface area contributed by atoms with E-state index < -0.39 is 0 Å². The summed E-state index contributed by atoms with van der Waals surface area (Å²) in [6, 6.07) is 1.77. The van der Waals surface area contributed by atoms with E-state index in [1.54, 1.807) is 23.0 Å². The van der Waals surface area contributed by atoms with Gasteiger partial charge < -0.3 is 0 Å². The Labute approximate surface area is 111 Å². The zero-order chi connectivity index (χ0) is 12.5. The van der Waals surface area contributed by atoms with Crippen LogP contribution in [0.2, 0.25) is 5.15 Å². The van der Waals surface area contributed by atoms with Crippen molar-refractivity contribution in [1.29, 1.82) is 0 Å². The number of nitrogens with zero attached hydrogens (tertiary/aromatic N) is 6. The molecule has 0 saturated carbocycles. The highest BCUT2D eigenvalue weighted by Gasteiger charge is 2.14. The summed E-state index contributed by atoms with van der Waals surface area (Å²) in [4.78, 5) is 16.5. The number of hydrogen-bond acceptors (Lipinski definition) is 6. The molecular formula is C10H7ClN6S. The molecule has 0 aliphatic heterocycles. The lowest BCUT2D eigenvalue weighted by molar-refractivity contribution is 0.820. The quantitative estimate of drug-likeness (QED) is 0.528. The smallest absolute Gasteiger partial charge is 0.231 e. The summed E-state index contributed by atoms with van der Waals surface area (Å²) in [6.07, 6.45) is 4.81. The van der Waals surface area contributed by atoms with E-state index in [1.807, 2.05) is 6.92 Å². The van der Waals surface area contributed by atoms with Crippen molar-refractivity contribution in [1.82, 2.24) is 29.5 Å². The third-order valence-electron chi connectivity index (χ3n) is 2.28. The second-order valence-corrected chi connectivity index (χ2v) is 4.75. The van der Waals surface area contributed by atoms with Crippen LogP contribution in [-0.2, 0) is 0 Å². The van der Waals surface area contributed by atoms with Crippen LogP contribution in [-0.4, -0.2) is 29.5 Å². The molecule has 3 rings (SSSR count). The Morgan fingerprint density at radius 3 is 2.78 bits per heavy atom. The van der Waals surface area contributed by atoms with Gasteiger partial charge in [0.05, 0.1) is 0 Å². The van der Waals surface area contributed by atoms with Gasteiger partial charge in [-0.2, -0.15) is 19.6 Å². The van der Waals surface area contributed by atoms with E-state index in [0.717, 1.165) is 10.6 Å². The number of rotatable bonds is 2. The maximum absolute atomic E-state index is 6.07. The molecule has 18 heavy (non-hydrogen) atoms. The van der Waals surface area contributed by atoms with Crippen LogP contribution in [0, 0.1) is 6.92 Å². The molecule has 0 unspecified atom stereocenters. The fourth-order valence-electron chi connectivity index (χ4n) is 1.42. The lowest BCUT2D eigenvalue weighted by Gasteiger charge is -2.07. The van der Waals surface area contributed by atoms with Crippen LogP contribution >= 0.6 is 23.4 Å². The molecule has 3 heterocycles. The van der Waals surface area contributed by atoms with Gasteiger partial charge in [0.1, 0.15) is 16.5 Å². The van der Waals surface area contributed by atoms with Crippen LogP contribution in [0.4, 0.5) is 0 Å². The number of fused-ring (bicyclic) bond motifs is 1. The van der Waals surface area contributed by atoms with Gasteiger partial charge in [0.15, 0.2) is 5.16 Å². The lowest BCUT2D eigenvalue weighted by Crippen LogP contribution is -2.00. The minimum Gasteiger partial charge on any atom is -0.231 e. The highest BCUT2D eigenvalue weighted by molar-refractivity contribution is 7.99. The molecule has 0 bridgehead atoms. The molecule has 0 N–H and O–H groups in total. The summed E-state index contributed by atoms with van der Waals surface area (Å²) in [5.74, 6) is 0.462. The highest BCUT2D eigenvalue weighted by Crippen LogP contribution is 2.30. The van der Waals surface area contributed by atoms with Gasteiger partial charge >= 0.3 is 0 Å². The summed E-state index contributed by atoms with van der Waals surface area (Å²) < 4.78 is 1.63. The Balaban J connectivity index is 2.16. The van der Waals surface area contributed by atoms with Crippen molar-refractivity contribution in [2.45, 2.75) is 17.1 Å². The molecule has 0 amide bonds. The molecule has 0 atom stereocenters. The molecule has 8 heteroatoms. The lowest BCUT2D eigenvalue weighted by atomic mass is 10.4. The second-order valence-electron chi connectivity index (χ2n) is 3.44. The third kappa shape index (κ3) is 1.91. The zero-order valence-electron chi connectivity index (χ0n) is 9.28. The van der Waals surface area contributed by atoms with Crippen molar-refractivity contribution in [2.75, 3.05) is 0 Å². The first-order valence-electron chi connectivity index (χ1n) is 5.06. The first-order valence-corrected chi connectivity index (χ1v) is 6.26. The molecule has 3 aromatic heterocycles. The Bertz CT molecular complexity index is 698. The zero-order valence-corrected chi connectivity index (χ0v) is 10.9. The van der Waals surface area contributed by atoms with Crippen molar-refractivity contribution in [3.8, 4) is 0 Å². The molecule has 0 aliphatic rings. The van der Waals surface area contributed by atoms with Crippen molar-refractivity contribution in [3.63, 3.8) is 0 Å². The average Bonchev–Trinajstić information content (AvgIpc) is 2.84. The van der Waals surface area contributed by atoms with Gasteiger partial charge in [0.25, 0.3) is 5.78 Å². The Morgan fingerprint density at radius 2 is 2.00 bits per heavy atom. The van der Waals surface area contributed by atoms with E-state index in [1.165, 1.54) is 18.1 Å². The summed E-state index contributed by atoms with van der Waals surface area (Å²) in [7, 11) is 0. The molecule has 0 saturated heterocycles. The fourth-order valence-corrected chi connectivity index (χ4v) is 2.50. The Hall–Kier alpha value is -1.73. The molecule has 90 valence electrons. The van der Waals surface area contributed by atoms with E-state index in [9.17, 15) is 0 Å². The Morgan fingerprint density at radius 1 is 1.22 bits per heavy atom. The predicted molar refractivity (Wildman–Crippen MR) is 66.7 cm³/mol. The second kappa shape index (κ2) is 4.51. The maximum atomic E-state index is 6.07. The third-order valence-corrected chi connectivity index (χ3v) is 3.71.